The zero-order chi connectivity index (χ0) is 11.5. The Bertz CT molecular complexity index is 337. The van der Waals surface area contributed by atoms with Gasteiger partial charge < -0.3 is 4.74 Å². The average molecular weight is 218 g/mol. The van der Waals surface area contributed by atoms with Crippen LogP contribution < -0.4 is 0 Å². The van der Waals surface area contributed by atoms with E-state index in [1.807, 2.05) is 6.92 Å². The highest BCUT2D eigenvalue weighted by atomic mass is 16.5. The number of allylic oxidation sites excluding steroid dienone is 2. The zero-order valence-corrected chi connectivity index (χ0v) is 9.69. The summed E-state index contributed by atoms with van der Waals surface area (Å²) in [6.45, 7) is 2.33. The molecule has 0 aromatic rings. The van der Waals surface area contributed by atoms with Crippen molar-refractivity contribution in [1.82, 2.24) is 0 Å². The van der Waals surface area contributed by atoms with E-state index >= 15 is 0 Å². The van der Waals surface area contributed by atoms with E-state index in [2.05, 4.69) is 18.1 Å². The molecule has 0 saturated heterocycles. The fourth-order valence-electron chi connectivity index (χ4n) is 3.16. The predicted octanol–water partition coefficient (Wildman–Crippen LogP) is 2.40. The Kier molecular flexibility index (Phi) is 3.33. The number of ether oxygens (including phenoxy) is 1. The van der Waals surface area contributed by atoms with Crippen LogP contribution in [0.15, 0.2) is 12.2 Å². The smallest absolute Gasteiger partial charge is 0.309 e. The first-order valence-corrected chi connectivity index (χ1v) is 6.06. The summed E-state index contributed by atoms with van der Waals surface area (Å²) in [7, 11) is 0. The Morgan fingerprint density at radius 3 is 2.94 bits per heavy atom. The molecule has 0 amide bonds. The van der Waals surface area contributed by atoms with Gasteiger partial charge in [0.05, 0.1) is 12.5 Å². The van der Waals surface area contributed by atoms with Gasteiger partial charge in [-0.2, -0.15) is 0 Å². The standard InChI is InChI=1S/C14H18O2/c1-3-5-6-12-10-7-8-11(9-10)13(12)14(15)16-4-2/h1,7-8,10-13H,4-6,9H2,2H3/t10-,11+,12-,13+/m0/s1. The maximum Gasteiger partial charge on any atom is 0.309 e. The van der Waals surface area contributed by atoms with Gasteiger partial charge in [0.15, 0.2) is 0 Å². The van der Waals surface area contributed by atoms with Crippen LogP contribution in [0.2, 0.25) is 0 Å². The minimum absolute atomic E-state index is 0.0265. The van der Waals surface area contributed by atoms with Gasteiger partial charge in [-0.3, -0.25) is 4.79 Å². The van der Waals surface area contributed by atoms with Crippen molar-refractivity contribution >= 4 is 5.97 Å². The number of hydrogen-bond donors (Lipinski definition) is 0. The summed E-state index contributed by atoms with van der Waals surface area (Å²) in [5.41, 5.74) is 0. The predicted molar refractivity (Wildman–Crippen MR) is 62.4 cm³/mol. The molecule has 0 aromatic carbocycles. The minimum atomic E-state index is -0.0265. The number of hydrogen-bond acceptors (Lipinski definition) is 2. The topological polar surface area (TPSA) is 26.3 Å². The quantitative estimate of drug-likeness (QED) is 0.411. The van der Waals surface area contributed by atoms with Crippen LogP contribution in [0.1, 0.15) is 26.2 Å². The van der Waals surface area contributed by atoms with E-state index < -0.39 is 0 Å². The van der Waals surface area contributed by atoms with E-state index in [0.29, 0.717) is 24.4 Å². The molecule has 2 bridgehead atoms. The van der Waals surface area contributed by atoms with Gasteiger partial charge in [0.25, 0.3) is 0 Å². The molecule has 1 saturated carbocycles. The third-order valence-corrected chi connectivity index (χ3v) is 3.80. The summed E-state index contributed by atoms with van der Waals surface area (Å²) < 4.78 is 5.16. The Hall–Kier alpha value is -1.23. The molecule has 2 aliphatic rings. The van der Waals surface area contributed by atoms with Gasteiger partial charge in [-0.1, -0.05) is 12.2 Å². The van der Waals surface area contributed by atoms with Gasteiger partial charge in [-0.25, -0.2) is 0 Å². The van der Waals surface area contributed by atoms with Crippen molar-refractivity contribution in [3.63, 3.8) is 0 Å². The van der Waals surface area contributed by atoms with Crippen molar-refractivity contribution in [2.75, 3.05) is 6.61 Å². The number of rotatable bonds is 4. The molecule has 2 nitrogen and oxygen atoms in total. The van der Waals surface area contributed by atoms with Gasteiger partial charge in [0, 0.05) is 6.42 Å². The largest absolute Gasteiger partial charge is 0.466 e. The van der Waals surface area contributed by atoms with Crippen molar-refractivity contribution in [2.24, 2.45) is 23.7 Å². The second kappa shape index (κ2) is 4.74. The van der Waals surface area contributed by atoms with Crippen molar-refractivity contribution < 1.29 is 9.53 Å². The first kappa shape index (κ1) is 11.3. The van der Waals surface area contributed by atoms with Crippen LogP contribution in [0.5, 0.6) is 0 Å². The van der Waals surface area contributed by atoms with Gasteiger partial charge >= 0.3 is 5.97 Å². The molecule has 0 heterocycles. The summed E-state index contributed by atoms with van der Waals surface area (Å²) >= 11 is 0. The number of carbonyl (C=O) groups excluding carboxylic acids is 1. The van der Waals surface area contributed by atoms with E-state index in [9.17, 15) is 4.79 Å². The molecule has 2 aliphatic carbocycles. The number of carbonyl (C=O) groups is 1. The maximum absolute atomic E-state index is 11.9. The van der Waals surface area contributed by atoms with Gasteiger partial charge in [0.2, 0.25) is 0 Å². The lowest BCUT2D eigenvalue weighted by molar-refractivity contribution is -0.150. The van der Waals surface area contributed by atoms with E-state index in [1.165, 1.54) is 0 Å². The number of terminal acetylenes is 1. The van der Waals surface area contributed by atoms with Crippen LogP contribution in [0, 0.1) is 36.0 Å². The van der Waals surface area contributed by atoms with Crippen LogP contribution in [0.25, 0.3) is 0 Å². The molecule has 2 heteroatoms. The highest BCUT2D eigenvalue weighted by molar-refractivity contribution is 5.74. The Balaban J connectivity index is 2.06. The van der Waals surface area contributed by atoms with Gasteiger partial charge in [-0.05, 0) is 37.5 Å². The lowest BCUT2D eigenvalue weighted by atomic mass is 9.80. The average Bonchev–Trinajstić information content (AvgIpc) is 2.86. The van der Waals surface area contributed by atoms with E-state index in [1.54, 1.807) is 0 Å². The van der Waals surface area contributed by atoms with Crippen LogP contribution in [0.4, 0.5) is 0 Å². The van der Waals surface area contributed by atoms with Crippen LogP contribution in [0.3, 0.4) is 0 Å². The molecule has 0 aromatic heterocycles. The van der Waals surface area contributed by atoms with E-state index in [-0.39, 0.29) is 11.9 Å². The molecule has 4 atom stereocenters. The molecule has 0 N–H and O–H groups in total. The molecule has 0 spiro atoms. The SMILES string of the molecule is C#CCC[C@@H]1[C@H](C(=O)OCC)[C@@H]2C=C[C@H]1C2. The lowest BCUT2D eigenvalue weighted by Crippen LogP contribution is -2.29. The summed E-state index contributed by atoms with van der Waals surface area (Å²) in [5.74, 6) is 4.05. The van der Waals surface area contributed by atoms with E-state index in [4.69, 9.17) is 11.2 Å². The molecular weight excluding hydrogens is 200 g/mol. The van der Waals surface area contributed by atoms with Crippen LogP contribution in [-0.2, 0) is 9.53 Å². The summed E-state index contributed by atoms with van der Waals surface area (Å²) in [6, 6.07) is 0. The monoisotopic (exact) mass is 218 g/mol. The third kappa shape index (κ3) is 1.87. The summed E-state index contributed by atoms with van der Waals surface area (Å²) in [4.78, 5) is 11.9. The fourth-order valence-corrected chi connectivity index (χ4v) is 3.16. The first-order chi connectivity index (χ1) is 7.77. The molecule has 0 radical (unpaired) electrons. The van der Waals surface area contributed by atoms with Gasteiger partial charge in [-0.15, -0.1) is 12.3 Å². The van der Waals surface area contributed by atoms with Crippen molar-refractivity contribution in [1.29, 1.82) is 0 Å². The van der Waals surface area contributed by atoms with Crippen molar-refractivity contribution in [3.05, 3.63) is 12.2 Å². The third-order valence-electron chi connectivity index (χ3n) is 3.80. The molecule has 2 rings (SSSR count). The minimum Gasteiger partial charge on any atom is -0.466 e. The van der Waals surface area contributed by atoms with Crippen molar-refractivity contribution in [2.45, 2.75) is 26.2 Å². The second-order valence-corrected chi connectivity index (χ2v) is 4.63. The molecule has 0 unspecified atom stereocenters. The second-order valence-electron chi connectivity index (χ2n) is 4.63. The van der Waals surface area contributed by atoms with Crippen LogP contribution in [-0.4, -0.2) is 12.6 Å². The molecule has 1 fully saturated rings. The highest BCUT2D eigenvalue weighted by Crippen LogP contribution is 2.50. The summed E-state index contributed by atoms with van der Waals surface area (Å²) in [6.07, 6.45) is 12.6. The Morgan fingerprint density at radius 1 is 1.50 bits per heavy atom. The normalized spacial score (nSPS) is 35.0. The first-order valence-electron chi connectivity index (χ1n) is 6.06. The van der Waals surface area contributed by atoms with E-state index in [0.717, 1.165) is 19.3 Å². The van der Waals surface area contributed by atoms with Crippen molar-refractivity contribution in [3.8, 4) is 12.3 Å². The van der Waals surface area contributed by atoms with Gasteiger partial charge in [0.1, 0.15) is 0 Å². The number of esters is 1. The maximum atomic E-state index is 11.9. The Morgan fingerprint density at radius 2 is 2.25 bits per heavy atom. The Labute approximate surface area is 97.1 Å². The van der Waals surface area contributed by atoms with Crippen LogP contribution >= 0.6 is 0 Å². The molecule has 16 heavy (non-hydrogen) atoms. The number of fused-ring (bicyclic) bond motifs is 2. The highest BCUT2D eigenvalue weighted by Gasteiger charge is 2.48. The molecule has 0 aliphatic heterocycles. The molecule has 86 valence electrons. The lowest BCUT2D eigenvalue weighted by Gasteiger charge is -2.25. The summed E-state index contributed by atoms with van der Waals surface area (Å²) in [5, 5.41) is 0. The molecular formula is C14H18O2. The zero-order valence-electron chi connectivity index (χ0n) is 9.69. The fraction of sp³-hybridized carbons (Fsp3) is 0.643.